The molecule has 0 aliphatic rings. The van der Waals surface area contributed by atoms with Crippen LogP contribution in [0, 0.1) is 0 Å². The average Bonchev–Trinajstić information content (AvgIpc) is 2.43. The van der Waals surface area contributed by atoms with Gasteiger partial charge in [0.05, 0.1) is 12.3 Å². The summed E-state index contributed by atoms with van der Waals surface area (Å²) in [4.78, 5) is 4.48. The molecule has 1 aromatic rings. The largest absolute Gasteiger partial charge is 0.375 e. The Bertz CT molecular complexity index is 328. The number of nitrogens with zero attached hydrogens (tertiary/aromatic N) is 1. The highest BCUT2D eigenvalue weighted by Gasteiger charge is 1.97. The number of ether oxygens (including phenoxy) is 1. The van der Waals surface area contributed by atoms with Gasteiger partial charge in [-0.2, -0.15) is 0 Å². The van der Waals surface area contributed by atoms with Gasteiger partial charge in [-0.3, -0.25) is 0 Å². The van der Waals surface area contributed by atoms with Crippen molar-refractivity contribution >= 4 is 5.82 Å². The molecule has 0 bridgehead atoms. The minimum atomic E-state index is 0.619. The highest BCUT2D eigenvalue weighted by atomic mass is 16.5. The molecule has 0 aromatic carbocycles. The van der Waals surface area contributed by atoms with Crippen molar-refractivity contribution in [3.63, 3.8) is 0 Å². The van der Waals surface area contributed by atoms with Crippen LogP contribution in [0.5, 0.6) is 0 Å². The van der Waals surface area contributed by atoms with E-state index >= 15 is 0 Å². The molecule has 19 heavy (non-hydrogen) atoms. The van der Waals surface area contributed by atoms with Gasteiger partial charge in [0.1, 0.15) is 5.82 Å². The van der Waals surface area contributed by atoms with E-state index in [0.717, 1.165) is 31.1 Å². The third-order valence-electron chi connectivity index (χ3n) is 3.06. The second-order valence-electron chi connectivity index (χ2n) is 4.86. The highest BCUT2D eigenvalue weighted by Crippen LogP contribution is 2.07. The molecule has 0 amide bonds. The first kappa shape index (κ1) is 16.0. The van der Waals surface area contributed by atoms with Crippen LogP contribution in [0.3, 0.4) is 0 Å². The van der Waals surface area contributed by atoms with E-state index in [1.165, 1.54) is 32.1 Å². The third-order valence-corrected chi connectivity index (χ3v) is 3.06. The zero-order valence-electron chi connectivity index (χ0n) is 12.5. The Kier molecular flexibility index (Phi) is 9.07. The Hall–Kier alpha value is -1.09. The van der Waals surface area contributed by atoms with Gasteiger partial charge in [0.2, 0.25) is 0 Å². The van der Waals surface area contributed by atoms with E-state index in [9.17, 15) is 0 Å². The first-order valence-electron chi connectivity index (χ1n) is 7.64. The summed E-state index contributed by atoms with van der Waals surface area (Å²) in [6.45, 7) is 6.68. The van der Waals surface area contributed by atoms with Gasteiger partial charge in [-0.1, -0.05) is 45.1 Å². The van der Waals surface area contributed by atoms with Gasteiger partial charge in [-0.05, 0) is 25.5 Å². The quantitative estimate of drug-likeness (QED) is 0.602. The summed E-state index contributed by atoms with van der Waals surface area (Å²) >= 11 is 0. The summed E-state index contributed by atoms with van der Waals surface area (Å²) < 4.78 is 5.67. The van der Waals surface area contributed by atoms with Crippen molar-refractivity contribution in [2.75, 3.05) is 18.5 Å². The molecule has 0 unspecified atom stereocenters. The molecule has 0 aliphatic heterocycles. The van der Waals surface area contributed by atoms with Gasteiger partial charge in [0.15, 0.2) is 0 Å². The van der Waals surface area contributed by atoms with E-state index < -0.39 is 0 Å². The number of nitrogens with one attached hydrogen (secondary N) is 1. The van der Waals surface area contributed by atoms with Crippen LogP contribution in [0.4, 0.5) is 5.82 Å². The molecular formula is C16H28N2O. The molecule has 0 fully saturated rings. The molecule has 1 N–H and O–H groups in total. The normalized spacial score (nSPS) is 10.6. The van der Waals surface area contributed by atoms with Gasteiger partial charge in [0.25, 0.3) is 0 Å². The number of unbranched alkanes of at least 4 members (excludes halogenated alkanes) is 5. The molecule has 1 aromatic heterocycles. The summed E-state index contributed by atoms with van der Waals surface area (Å²) in [6, 6.07) is 6.03. The van der Waals surface area contributed by atoms with Crippen molar-refractivity contribution in [3.05, 3.63) is 23.9 Å². The van der Waals surface area contributed by atoms with Crippen LogP contribution in [0.25, 0.3) is 0 Å². The molecule has 0 saturated heterocycles. The fourth-order valence-corrected chi connectivity index (χ4v) is 2.00. The number of aromatic nitrogens is 1. The number of hydrogen-bond acceptors (Lipinski definition) is 3. The Morgan fingerprint density at radius 3 is 2.63 bits per heavy atom. The van der Waals surface area contributed by atoms with Crippen molar-refractivity contribution in [2.45, 2.75) is 59.0 Å². The summed E-state index contributed by atoms with van der Waals surface area (Å²) in [5.74, 6) is 0.933. The molecule has 1 heterocycles. The van der Waals surface area contributed by atoms with E-state index in [4.69, 9.17) is 4.74 Å². The number of rotatable bonds is 11. The van der Waals surface area contributed by atoms with Gasteiger partial charge < -0.3 is 10.1 Å². The predicted molar refractivity (Wildman–Crippen MR) is 81.4 cm³/mol. The molecule has 108 valence electrons. The zero-order chi connectivity index (χ0) is 13.8. The molecule has 1 rings (SSSR count). The number of pyridine rings is 1. The fraction of sp³-hybridized carbons (Fsp3) is 0.688. The van der Waals surface area contributed by atoms with Crippen LogP contribution in [0.2, 0.25) is 0 Å². The molecule has 0 atom stereocenters. The molecule has 0 spiro atoms. The molecule has 0 saturated carbocycles. The lowest BCUT2D eigenvalue weighted by atomic mass is 10.1. The average molecular weight is 264 g/mol. The fourth-order valence-electron chi connectivity index (χ4n) is 2.00. The van der Waals surface area contributed by atoms with E-state index in [2.05, 4.69) is 24.1 Å². The van der Waals surface area contributed by atoms with Gasteiger partial charge in [-0.15, -0.1) is 0 Å². The van der Waals surface area contributed by atoms with Crippen LogP contribution < -0.4 is 5.32 Å². The maximum Gasteiger partial charge on any atom is 0.126 e. The SMILES string of the molecule is CCCCCCCCOCc1cccc(NCC)n1. The van der Waals surface area contributed by atoms with Gasteiger partial charge in [0, 0.05) is 13.2 Å². The van der Waals surface area contributed by atoms with Gasteiger partial charge >= 0.3 is 0 Å². The summed E-state index contributed by atoms with van der Waals surface area (Å²) in [7, 11) is 0. The molecular weight excluding hydrogens is 236 g/mol. The van der Waals surface area contributed by atoms with Crippen LogP contribution >= 0.6 is 0 Å². The Balaban J connectivity index is 2.07. The maximum absolute atomic E-state index is 5.67. The van der Waals surface area contributed by atoms with Crippen molar-refractivity contribution in [2.24, 2.45) is 0 Å². The van der Waals surface area contributed by atoms with E-state index in [1.54, 1.807) is 0 Å². The van der Waals surface area contributed by atoms with Crippen LogP contribution in [-0.4, -0.2) is 18.1 Å². The summed E-state index contributed by atoms with van der Waals surface area (Å²) in [6.07, 6.45) is 7.82. The highest BCUT2D eigenvalue weighted by molar-refractivity contribution is 5.34. The van der Waals surface area contributed by atoms with E-state index in [0.29, 0.717) is 6.61 Å². The van der Waals surface area contributed by atoms with Crippen molar-refractivity contribution in [3.8, 4) is 0 Å². The lowest BCUT2D eigenvalue weighted by Crippen LogP contribution is -2.02. The maximum atomic E-state index is 5.67. The zero-order valence-corrected chi connectivity index (χ0v) is 12.5. The second kappa shape index (κ2) is 10.8. The minimum absolute atomic E-state index is 0.619. The van der Waals surface area contributed by atoms with Crippen molar-refractivity contribution < 1.29 is 4.74 Å². The molecule has 0 radical (unpaired) electrons. The lowest BCUT2D eigenvalue weighted by Gasteiger charge is -2.06. The molecule has 3 nitrogen and oxygen atoms in total. The summed E-state index contributed by atoms with van der Waals surface area (Å²) in [5, 5.41) is 3.21. The van der Waals surface area contributed by atoms with Crippen molar-refractivity contribution in [1.29, 1.82) is 0 Å². The Labute approximate surface area is 117 Å². The second-order valence-corrected chi connectivity index (χ2v) is 4.86. The van der Waals surface area contributed by atoms with Crippen molar-refractivity contribution in [1.82, 2.24) is 4.98 Å². The smallest absolute Gasteiger partial charge is 0.126 e. The first-order chi connectivity index (χ1) is 9.36. The standard InChI is InChI=1S/C16H28N2O/c1-3-5-6-7-8-9-13-19-14-15-11-10-12-16(18-15)17-4-2/h10-12H,3-9,13-14H2,1-2H3,(H,17,18). The lowest BCUT2D eigenvalue weighted by molar-refractivity contribution is 0.114. The number of hydrogen-bond donors (Lipinski definition) is 1. The Morgan fingerprint density at radius 1 is 1.05 bits per heavy atom. The molecule has 0 aliphatic carbocycles. The van der Waals surface area contributed by atoms with Crippen LogP contribution in [-0.2, 0) is 11.3 Å². The minimum Gasteiger partial charge on any atom is -0.375 e. The van der Waals surface area contributed by atoms with E-state index in [1.807, 2.05) is 18.2 Å². The van der Waals surface area contributed by atoms with Crippen LogP contribution in [0.1, 0.15) is 58.1 Å². The monoisotopic (exact) mass is 264 g/mol. The van der Waals surface area contributed by atoms with Gasteiger partial charge in [-0.25, -0.2) is 4.98 Å². The molecule has 3 heteroatoms. The topological polar surface area (TPSA) is 34.1 Å². The predicted octanol–water partition coefficient (Wildman–Crippen LogP) is 4.39. The summed E-state index contributed by atoms with van der Waals surface area (Å²) in [5.41, 5.74) is 1.00. The third kappa shape index (κ3) is 7.83. The Morgan fingerprint density at radius 2 is 1.84 bits per heavy atom. The number of anilines is 1. The van der Waals surface area contributed by atoms with E-state index in [-0.39, 0.29) is 0 Å². The van der Waals surface area contributed by atoms with Crippen LogP contribution in [0.15, 0.2) is 18.2 Å². The first-order valence-corrected chi connectivity index (χ1v) is 7.64.